The number of piperidine rings is 1. The van der Waals surface area contributed by atoms with E-state index in [0.717, 1.165) is 25.9 Å². The van der Waals surface area contributed by atoms with Crippen LogP contribution in [-0.2, 0) is 9.59 Å². The quantitative estimate of drug-likeness (QED) is 0.740. The summed E-state index contributed by atoms with van der Waals surface area (Å²) >= 11 is 0. The summed E-state index contributed by atoms with van der Waals surface area (Å²) in [6.45, 7) is 1.86. The van der Waals surface area contributed by atoms with Crippen molar-refractivity contribution in [3.8, 4) is 0 Å². The van der Waals surface area contributed by atoms with Crippen molar-refractivity contribution in [2.45, 2.75) is 51.0 Å². The number of amides is 2. The maximum atomic E-state index is 12.2. The number of carbonyl (C=O) groups excluding carboxylic acids is 2. The van der Waals surface area contributed by atoms with E-state index < -0.39 is 0 Å². The van der Waals surface area contributed by atoms with Crippen LogP contribution in [0, 0.1) is 5.41 Å². The molecule has 1 atom stereocenters. The van der Waals surface area contributed by atoms with Gasteiger partial charge in [-0.15, -0.1) is 0 Å². The van der Waals surface area contributed by atoms with Crippen LogP contribution in [0.1, 0.15) is 44.9 Å². The zero-order valence-electron chi connectivity index (χ0n) is 10.2. The summed E-state index contributed by atoms with van der Waals surface area (Å²) in [4.78, 5) is 25.4. The van der Waals surface area contributed by atoms with Gasteiger partial charge in [-0.2, -0.15) is 0 Å². The van der Waals surface area contributed by atoms with Gasteiger partial charge in [-0.05, 0) is 25.7 Å². The van der Waals surface area contributed by atoms with Gasteiger partial charge in [0.15, 0.2) is 0 Å². The van der Waals surface area contributed by atoms with Crippen molar-refractivity contribution in [3.05, 3.63) is 0 Å². The Kier molecular flexibility index (Phi) is 2.60. The molecule has 2 aliphatic heterocycles. The van der Waals surface area contributed by atoms with Crippen molar-refractivity contribution in [1.82, 2.24) is 10.2 Å². The second-order valence-electron chi connectivity index (χ2n) is 5.91. The highest BCUT2D eigenvalue weighted by molar-refractivity contribution is 5.89. The minimum absolute atomic E-state index is 0.0331. The molecule has 2 saturated heterocycles. The lowest BCUT2D eigenvalue weighted by Gasteiger charge is -2.49. The number of hydrogen-bond acceptors (Lipinski definition) is 2. The van der Waals surface area contributed by atoms with Crippen LogP contribution in [0.3, 0.4) is 0 Å². The van der Waals surface area contributed by atoms with E-state index in [2.05, 4.69) is 5.32 Å². The molecule has 2 amide bonds. The van der Waals surface area contributed by atoms with Gasteiger partial charge in [-0.1, -0.05) is 12.8 Å². The summed E-state index contributed by atoms with van der Waals surface area (Å²) in [7, 11) is 0. The number of likely N-dealkylation sites (tertiary alicyclic amines) is 1. The minimum Gasteiger partial charge on any atom is -0.344 e. The molecule has 0 bridgehead atoms. The molecule has 0 unspecified atom stereocenters. The molecule has 94 valence electrons. The third-order valence-corrected chi connectivity index (χ3v) is 4.56. The van der Waals surface area contributed by atoms with E-state index in [9.17, 15) is 9.59 Å². The van der Waals surface area contributed by atoms with Gasteiger partial charge >= 0.3 is 0 Å². The van der Waals surface area contributed by atoms with E-state index in [-0.39, 0.29) is 17.9 Å². The van der Waals surface area contributed by atoms with Crippen molar-refractivity contribution < 1.29 is 9.59 Å². The van der Waals surface area contributed by atoms with E-state index in [1.54, 1.807) is 0 Å². The smallest absolute Gasteiger partial charge is 0.245 e. The third kappa shape index (κ3) is 1.94. The van der Waals surface area contributed by atoms with Crippen LogP contribution in [0.2, 0.25) is 0 Å². The molecule has 1 spiro atoms. The number of carbonyl (C=O) groups is 2. The standard InChI is InChI=1S/C13H20N2O2/c16-11-5-3-4-10(14-11)12(17)15-8-13(9-15)6-1-2-7-13/h10H,1-9H2,(H,14,16)/t10-/m1/s1. The molecule has 3 rings (SSSR count). The average Bonchev–Trinajstić information content (AvgIpc) is 2.75. The highest BCUT2D eigenvalue weighted by Crippen LogP contribution is 2.45. The van der Waals surface area contributed by atoms with Crippen LogP contribution in [0.5, 0.6) is 0 Å². The molecular weight excluding hydrogens is 216 g/mol. The maximum Gasteiger partial charge on any atom is 0.245 e. The second-order valence-corrected chi connectivity index (χ2v) is 5.91. The first-order valence-corrected chi connectivity index (χ1v) is 6.77. The van der Waals surface area contributed by atoms with Crippen LogP contribution in [0.4, 0.5) is 0 Å². The zero-order chi connectivity index (χ0) is 11.9. The van der Waals surface area contributed by atoms with E-state index in [4.69, 9.17) is 0 Å². The Balaban J connectivity index is 1.55. The topological polar surface area (TPSA) is 49.4 Å². The predicted molar refractivity (Wildman–Crippen MR) is 63.3 cm³/mol. The number of rotatable bonds is 1. The van der Waals surface area contributed by atoms with Crippen LogP contribution in [0.15, 0.2) is 0 Å². The van der Waals surface area contributed by atoms with Crippen LogP contribution < -0.4 is 5.32 Å². The molecule has 0 aromatic carbocycles. The summed E-state index contributed by atoms with van der Waals surface area (Å²) in [5.41, 5.74) is 0.453. The highest BCUT2D eigenvalue weighted by Gasteiger charge is 2.47. The fourth-order valence-corrected chi connectivity index (χ4v) is 3.57. The predicted octanol–water partition coefficient (Wildman–Crippen LogP) is 1.06. The minimum atomic E-state index is -0.241. The maximum absolute atomic E-state index is 12.2. The highest BCUT2D eigenvalue weighted by atomic mass is 16.2. The first-order chi connectivity index (χ1) is 8.19. The van der Waals surface area contributed by atoms with Crippen molar-refractivity contribution in [1.29, 1.82) is 0 Å². The van der Waals surface area contributed by atoms with Crippen molar-refractivity contribution in [2.75, 3.05) is 13.1 Å². The molecular formula is C13H20N2O2. The molecule has 1 aliphatic carbocycles. The van der Waals surface area contributed by atoms with Gasteiger partial charge in [-0.25, -0.2) is 0 Å². The second kappa shape index (κ2) is 4.00. The molecule has 3 fully saturated rings. The lowest BCUT2D eigenvalue weighted by atomic mass is 9.78. The van der Waals surface area contributed by atoms with Gasteiger partial charge in [0.1, 0.15) is 6.04 Å². The first-order valence-electron chi connectivity index (χ1n) is 6.77. The van der Waals surface area contributed by atoms with Gasteiger partial charge < -0.3 is 10.2 Å². The lowest BCUT2D eigenvalue weighted by Crippen LogP contribution is -2.62. The summed E-state index contributed by atoms with van der Waals surface area (Å²) < 4.78 is 0. The zero-order valence-corrected chi connectivity index (χ0v) is 10.2. The van der Waals surface area contributed by atoms with Gasteiger partial charge in [0.2, 0.25) is 11.8 Å². The Morgan fingerprint density at radius 1 is 1.24 bits per heavy atom. The van der Waals surface area contributed by atoms with E-state index in [1.807, 2.05) is 4.90 Å². The molecule has 0 aromatic heterocycles. The monoisotopic (exact) mass is 236 g/mol. The van der Waals surface area contributed by atoms with Gasteiger partial charge in [0, 0.05) is 24.9 Å². The van der Waals surface area contributed by atoms with Crippen LogP contribution in [-0.4, -0.2) is 35.8 Å². The molecule has 0 aromatic rings. The molecule has 3 aliphatic rings. The molecule has 4 nitrogen and oxygen atoms in total. The van der Waals surface area contributed by atoms with E-state index in [1.165, 1.54) is 25.7 Å². The summed E-state index contributed by atoms with van der Waals surface area (Å²) in [6.07, 6.45) is 7.45. The molecule has 1 N–H and O–H groups in total. The lowest BCUT2D eigenvalue weighted by molar-refractivity contribution is -0.148. The van der Waals surface area contributed by atoms with Crippen molar-refractivity contribution in [2.24, 2.45) is 5.41 Å². The summed E-state index contributed by atoms with van der Waals surface area (Å²) in [5, 5.41) is 2.81. The number of hydrogen-bond donors (Lipinski definition) is 1. The summed E-state index contributed by atoms with van der Waals surface area (Å²) in [5.74, 6) is 0.182. The fraction of sp³-hybridized carbons (Fsp3) is 0.846. The third-order valence-electron chi connectivity index (χ3n) is 4.56. The Morgan fingerprint density at radius 3 is 2.59 bits per heavy atom. The Labute approximate surface area is 102 Å². The molecule has 2 heterocycles. The van der Waals surface area contributed by atoms with Crippen molar-refractivity contribution in [3.63, 3.8) is 0 Å². The molecule has 0 radical (unpaired) electrons. The molecule has 17 heavy (non-hydrogen) atoms. The normalized spacial score (nSPS) is 31.2. The number of nitrogens with one attached hydrogen (secondary N) is 1. The summed E-state index contributed by atoms with van der Waals surface area (Å²) in [6, 6.07) is -0.241. The van der Waals surface area contributed by atoms with Gasteiger partial charge in [-0.3, -0.25) is 9.59 Å². The Bertz CT molecular complexity index is 339. The molecule has 1 saturated carbocycles. The first kappa shape index (κ1) is 11.1. The van der Waals surface area contributed by atoms with Crippen LogP contribution in [0.25, 0.3) is 0 Å². The average molecular weight is 236 g/mol. The van der Waals surface area contributed by atoms with E-state index >= 15 is 0 Å². The number of nitrogens with zero attached hydrogens (tertiary/aromatic N) is 1. The van der Waals surface area contributed by atoms with Crippen molar-refractivity contribution >= 4 is 11.8 Å². The van der Waals surface area contributed by atoms with Gasteiger partial charge in [0.25, 0.3) is 0 Å². The van der Waals surface area contributed by atoms with Crippen LogP contribution >= 0.6 is 0 Å². The van der Waals surface area contributed by atoms with Gasteiger partial charge in [0.05, 0.1) is 0 Å². The largest absolute Gasteiger partial charge is 0.344 e. The van der Waals surface area contributed by atoms with E-state index in [0.29, 0.717) is 11.8 Å². The molecule has 4 heteroatoms. The fourth-order valence-electron chi connectivity index (χ4n) is 3.57. The Hall–Kier alpha value is -1.06. The SMILES string of the molecule is O=C1CCC[C@H](C(=O)N2CC3(CCCC3)C2)N1. The Morgan fingerprint density at radius 2 is 1.94 bits per heavy atom.